The molecule has 2 heterocycles. The Labute approximate surface area is 232 Å². The lowest BCUT2D eigenvalue weighted by atomic mass is 9.99. The number of imidazole rings is 1. The van der Waals surface area contributed by atoms with Gasteiger partial charge < -0.3 is 9.72 Å². The summed E-state index contributed by atoms with van der Waals surface area (Å²) in [6, 6.07) is 27.6. The molecule has 0 amide bonds. The number of rotatable bonds is 7. The minimum atomic E-state index is 0.182. The summed E-state index contributed by atoms with van der Waals surface area (Å²) in [4.78, 5) is 29.6. The van der Waals surface area contributed by atoms with E-state index in [2.05, 4.69) is 49.0 Å². The van der Waals surface area contributed by atoms with Crippen LogP contribution < -0.4 is 4.74 Å². The van der Waals surface area contributed by atoms with Crippen molar-refractivity contribution in [3.63, 3.8) is 0 Å². The molecule has 40 heavy (non-hydrogen) atoms. The van der Waals surface area contributed by atoms with Gasteiger partial charge in [-0.1, -0.05) is 74.4 Å². The average molecular weight is 523 g/mol. The Morgan fingerprint density at radius 3 is 2.45 bits per heavy atom. The van der Waals surface area contributed by atoms with Gasteiger partial charge in [0.05, 0.1) is 22.2 Å². The Kier molecular flexibility index (Phi) is 6.55. The molecule has 194 valence electrons. The number of aldehydes is 1. The number of nitrogens with zero attached hydrogens (tertiary/aromatic N) is 3. The second-order valence-corrected chi connectivity index (χ2v) is 9.87. The second kappa shape index (κ2) is 10.5. The summed E-state index contributed by atoms with van der Waals surface area (Å²) in [5.74, 6) is 4.64. The summed E-state index contributed by atoms with van der Waals surface area (Å²) in [5, 5.41) is 0.861. The number of aromatic amines is 1. The quantitative estimate of drug-likeness (QED) is 0.174. The van der Waals surface area contributed by atoms with Crippen LogP contribution in [0.1, 0.15) is 35.7 Å². The van der Waals surface area contributed by atoms with Crippen LogP contribution in [0.2, 0.25) is 0 Å². The van der Waals surface area contributed by atoms with Crippen molar-refractivity contribution in [2.45, 2.75) is 19.8 Å². The zero-order chi connectivity index (χ0) is 27.6. The Hall–Kier alpha value is -5.28. The van der Waals surface area contributed by atoms with Crippen molar-refractivity contribution >= 4 is 28.2 Å². The van der Waals surface area contributed by atoms with Gasteiger partial charge in [0.15, 0.2) is 17.9 Å². The van der Waals surface area contributed by atoms with Gasteiger partial charge >= 0.3 is 0 Å². The van der Waals surface area contributed by atoms with Crippen LogP contribution in [0.3, 0.4) is 0 Å². The highest BCUT2D eigenvalue weighted by Gasteiger charge is 2.16. The highest BCUT2D eigenvalue weighted by atomic mass is 16.5. The molecular weight excluding hydrogens is 496 g/mol. The van der Waals surface area contributed by atoms with Crippen LogP contribution in [0.4, 0.5) is 0 Å². The molecule has 0 bridgehead atoms. The summed E-state index contributed by atoms with van der Waals surface area (Å²) in [6.45, 7) is 4.53. The lowest BCUT2D eigenvalue weighted by molar-refractivity contribution is 0.112. The van der Waals surface area contributed by atoms with Crippen LogP contribution in [0.5, 0.6) is 5.75 Å². The highest BCUT2D eigenvalue weighted by Crippen LogP contribution is 2.33. The van der Waals surface area contributed by atoms with E-state index in [1.54, 1.807) is 0 Å². The molecule has 0 saturated heterocycles. The van der Waals surface area contributed by atoms with Crippen LogP contribution in [0.25, 0.3) is 56.0 Å². The summed E-state index contributed by atoms with van der Waals surface area (Å²) in [5.41, 5.74) is 7.82. The number of hydrogen-bond donors (Lipinski definition) is 1. The fourth-order valence-electron chi connectivity index (χ4n) is 4.82. The first kappa shape index (κ1) is 25.0. The molecule has 4 aromatic carbocycles. The van der Waals surface area contributed by atoms with E-state index in [1.807, 2.05) is 60.7 Å². The standard InChI is InChI=1S/C34H26N4O2/c1-4-17-40-26-14-16-29-28(19-26)32(23-11-9-22(10-12-23)21(2)3)38-34(35-29)33-36-30-15-13-24(18-31(30)37-33)27-8-6-5-7-25(27)20-39/h1,5-16,18-21H,17H2,2-3H3,(H,36,37). The van der Waals surface area contributed by atoms with Gasteiger partial charge in [-0.25, -0.2) is 15.0 Å². The number of H-pyrrole nitrogens is 1. The number of ether oxygens (including phenoxy) is 1. The first-order valence-electron chi connectivity index (χ1n) is 13.1. The minimum absolute atomic E-state index is 0.182. The first-order chi connectivity index (χ1) is 19.5. The van der Waals surface area contributed by atoms with Crippen molar-refractivity contribution in [2.75, 3.05) is 6.61 Å². The van der Waals surface area contributed by atoms with Crippen molar-refractivity contribution in [1.29, 1.82) is 0 Å². The number of carbonyl (C=O) groups excluding carboxylic acids is 1. The van der Waals surface area contributed by atoms with Crippen LogP contribution in [0, 0.1) is 12.3 Å². The molecular formula is C34H26N4O2. The third kappa shape index (κ3) is 4.70. The summed E-state index contributed by atoms with van der Waals surface area (Å²) < 4.78 is 5.69. The van der Waals surface area contributed by atoms with Crippen molar-refractivity contribution in [3.8, 4) is 52.1 Å². The molecule has 6 nitrogen and oxygen atoms in total. The molecule has 0 fully saturated rings. The topological polar surface area (TPSA) is 80.8 Å². The minimum Gasteiger partial charge on any atom is -0.481 e. The van der Waals surface area contributed by atoms with E-state index in [4.69, 9.17) is 26.1 Å². The van der Waals surface area contributed by atoms with E-state index in [0.29, 0.717) is 28.9 Å². The Balaban J connectivity index is 1.48. The maximum Gasteiger partial charge on any atom is 0.196 e. The fraction of sp³-hybridized carbons (Fsp3) is 0.118. The normalized spacial score (nSPS) is 11.2. The van der Waals surface area contributed by atoms with Crippen LogP contribution in [0.15, 0.2) is 84.9 Å². The number of benzene rings is 4. The van der Waals surface area contributed by atoms with E-state index in [9.17, 15) is 4.79 Å². The molecule has 0 saturated carbocycles. The molecule has 0 aliphatic heterocycles. The Bertz CT molecular complexity index is 1910. The van der Waals surface area contributed by atoms with Gasteiger partial charge in [-0.2, -0.15) is 0 Å². The predicted molar refractivity (Wildman–Crippen MR) is 159 cm³/mol. The fourth-order valence-corrected chi connectivity index (χ4v) is 4.82. The summed E-state index contributed by atoms with van der Waals surface area (Å²) in [6.07, 6.45) is 6.27. The van der Waals surface area contributed by atoms with Crippen LogP contribution in [-0.2, 0) is 0 Å². The van der Waals surface area contributed by atoms with Gasteiger partial charge in [0.1, 0.15) is 12.4 Å². The second-order valence-electron chi connectivity index (χ2n) is 9.87. The van der Waals surface area contributed by atoms with Gasteiger partial charge in [-0.05, 0) is 52.9 Å². The maximum atomic E-state index is 11.6. The third-order valence-corrected chi connectivity index (χ3v) is 6.93. The number of terminal acetylenes is 1. The molecule has 1 N–H and O–H groups in total. The average Bonchev–Trinajstić information content (AvgIpc) is 3.43. The van der Waals surface area contributed by atoms with E-state index in [0.717, 1.165) is 50.6 Å². The van der Waals surface area contributed by atoms with Crippen molar-refractivity contribution in [3.05, 3.63) is 96.1 Å². The van der Waals surface area contributed by atoms with Gasteiger partial charge in [-0.15, -0.1) is 6.42 Å². The van der Waals surface area contributed by atoms with Gasteiger partial charge in [0.25, 0.3) is 0 Å². The molecule has 0 spiro atoms. The zero-order valence-corrected chi connectivity index (χ0v) is 22.2. The molecule has 0 atom stereocenters. The number of nitrogens with one attached hydrogen (secondary N) is 1. The summed E-state index contributed by atoms with van der Waals surface area (Å²) in [7, 11) is 0. The Morgan fingerprint density at radius 1 is 0.900 bits per heavy atom. The lowest BCUT2D eigenvalue weighted by Crippen LogP contribution is -1.98. The molecule has 0 radical (unpaired) electrons. The van der Waals surface area contributed by atoms with E-state index >= 15 is 0 Å². The molecule has 6 aromatic rings. The van der Waals surface area contributed by atoms with Crippen molar-refractivity contribution in [2.24, 2.45) is 0 Å². The molecule has 0 aliphatic carbocycles. The van der Waals surface area contributed by atoms with Gasteiger partial charge in [0, 0.05) is 16.5 Å². The van der Waals surface area contributed by atoms with Crippen LogP contribution in [-0.4, -0.2) is 32.8 Å². The zero-order valence-electron chi connectivity index (χ0n) is 22.2. The SMILES string of the molecule is C#CCOc1ccc2nc(-c3nc4ccc(-c5ccccc5C=O)cc4[nH]3)nc(-c3ccc(C(C)C)cc3)c2c1. The number of fused-ring (bicyclic) bond motifs is 2. The van der Waals surface area contributed by atoms with Gasteiger partial charge in [-0.3, -0.25) is 4.79 Å². The van der Waals surface area contributed by atoms with E-state index < -0.39 is 0 Å². The van der Waals surface area contributed by atoms with Crippen molar-refractivity contribution in [1.82, 2.24) is 19.9 Å². The number of aromatic nitrogens is 4. The molecule has 0 aliphatic rings. The summed E-state index contributed by atoms with van der Waals surface area (Å²) >= 11 is 0. The van der Waals surface area contributed by atoms with E-state index in [-0.39, 0.29) is 6.61 Å². The predicted octanol–water partition coefficient (Wildman–Crippen LogP) is 7.46. The third-order valence-electron chi connectivity index (χ3n) is 6.93. The maximum absolute atomic E-state index is 11.6. The lowest BCUT2D eigenvalue weighted by Gasteiger charge is -2.11. The molecule has 2 aromatic heterocycles. The molecule has 6 heteroatoms. The molecule has 0 unspecified atom stereocenters. The monoisotopic (exact) mass is 522 g/mol. The largest absolute Gasteiger partial charge is 0.481 e. The smallest absolute Gasteiger partial charge is 0.196 e. The molecule has 6 rings (SSSR count). The number of hydrogen-bond acceptors (Lipinski definition) is 5. The van der Waals surface area contributed by atoms with Gasteiger partial charge in [0.2, 0.25) is 0 Å². The van der Waals surface area contributed by atoms with Crippen molar-refractivity contribution < 1.29 is 9.53 Å². The number of carbonyl (C=O) groups is 1. The van der Waals surface area contributed by atoms with E-state index in [1.165, 1.54) is 5.56 Å². The highest BCUT2D eigenvalue weighted by molar-refractivity contribution is 5.95. The first-order valence-corrected chi connectivity index (χ1v) is 13.1. The van der Waals surface area contributed by atoms with Crippen LogP contribution >= 0.6 is 0 Å². The Morgan fingerprint density at radius 2 is 1.68 bits per heavy atom.